The zero-order valence-corrected chi connectivity index (χ0v) is 11.2. The molecular formula is C14H20N2O. The number of hydrogen-bond acceptors (Lipinski definition) is 3. The van der Waals surface area contributed by atoms with Crippen LogP contribution >= 0.6 is 0 Å². The molecule has 0 atom stereocenters. The molecule has 0 aliphatic rings. The third kappa shape index (κ3) is 1.84. The molecule has 92 valence electrons. The number of aryl methyl sites for hydroxylation is 1. The molecule has 17 heavy (non-hydrogen) atoms. The van der Waals surface area contributed by atoms with Crippen LogP contribution in [-0.2, 0) is 5.41 Å². The number of nitrogens with two attached hydrogens (primary N) is 1. The van der Waals surface area contributed by atoms with E-state index in [1.54, 1.807) is 0 Å². The van der Waals surface area contributed by atoms with Gasteiger partial charge in [0.05, 0.1) is 5.41 Å². The molecule has 0 aliphatic heterocycles. The molecule has 0 aliphatic carbocycles. The number of nitrogens with zero attached hydrogens (tertiary/aromatic N) is 1. The van der Waals surface area contributed by atoms with Gasteiger partial charge >= 0.3 is 0 Å². The fourth-order valence-electron chi connectivity index (χ4n) is 1.63. The van der Waals surface area contributed by atoms with Crippen LogP contribution in [0.5, 0.6) is 0 Å². The minimum Gasteiger partial charge on any atom is -0.440 e. The lowest BCUT2D eigenvalue weighted by molar-refractivity contribution is 0.251. The number of hydrogen-bond donors (Lipinski definition) is 1. The Labute approximate surface area is 102 Å². The quantitative estimate of drug-likeness (QED) is 0.865. The number of aromatic nitrogens is 1. The van der Waals surface area contributed by atoms with Crippen molar-refractivity contribution in [1.29, 1.82) is 0 Å². The highest BCUT2D eigenvalue weighted by Crippen LogP contribution is 2.34. The SMILES string of the molecule is Cc1cccc2oc(C(C)(C)C(C)(C)N)nc12. The fraction of sp³-hybridized carbons (Fsp3) is 0.500. The van der Waals surface area contributed by atoms with Crippen LogP contribution in [0.2, 0.25) is 0 Å². The second kappa shape index (κ2) is 3.57. The molecule has 1 heterocycles. The standard InChI is InChI=1S/C14H20N2O/c1-9-7-6-8-10-11(9)16-12(17-10)13(2,3)14(4,5)15/h6-8H,15H2,1-5H3. The molecule has 0 amide bonds. The smallest absolute Gasteiger partial charge is 0.202 e. The van der Waals surface area contributed by atoms with Crippen molar-refractivity contribution in [3.63, 3.8) is 0 Å². The van der Waals surface area contributed by atoms with E-state index < -0.39 is 0 Å². The largest absolute Gasteiger partial charge is 0.440 e. The Morgan fingerprint density at radius 2 is 1.82 bits per heavy atom. The number of fused-ring (bicyclic) bond motifs is 1. The van der Waals surface area contributed by atoms with Crippen LogP contribution in [0.3, 0.4) is 0 Å². The first-order valence-corrected chi connectivity index (χ1v) is 5.89. The first-order chi connectivity index (χ1) is 7.73. The molecule has 2 N–H and O–H groups in total. The van der Waals surface area contributed by atoms with E-state index in [1.165, 1.54) is 0 Å². The van der Waals surface area contributed by atoms with E-state index in [9.17, 15) is 0 Å². The van der Waals surface area contributed by atoms with Gasteiger partial charge in [0.25, 0.3) is 0 Å². The summed E-state index contributed by atoms with van der Waals surface area (Å²) < 4.78 is 5.85. The lowest BCUT2D eigenvalue weighted by atomic mass is 9.75. The van der Waals surface area contributed by atoms with Crippen molar-refractivity contribution in [3.8, 4) is 0 Å². The van der Waals surface area contributed by atoms with Crippen LogP contribution in [0.15, 0.2) is 22.6 Å². The van der Waals surface area contributed by atoms with Gasteiger partial charge in [-0.25, -0.2) is 4.98 Å². The van der Waals surface area contributed by atoms with Crippen molar-refractivity contribution in [2.24, 2.45) is 5.73 Å². The molecule has 0 bridgehead atoms. The molecule has 0 unspecified atom stereocenters. The summed E-state index contributed by atoms with van der Waals surface area (Å²) in [7, 11) is 0. The minimum absolute atomic E-state index is 0.307. The molecule has 1 aromatic carbocycles. The summed E-state index contributed by atoms with van der Waals surface area (Å²) >= 11 is 0. The molecule has 2 rings (SSSR count). The molecule has 2 aromatic rings. The zero-order valence-electron chi connectivity index (χ0n) is 11.2. The average molecular weight is 232 g/mol. The zero-order chi connectivity index (χ0) is 12.8. The number of rotatable bonds is 2. The van der Waals surface area contributed by atoms with Gasteiger partial charge in [0, 0.05) is 5.54 Å². The first-order valence-electron chi connectivity index (χ1n) is 5.89. The Morgan fingerprint density at radius 1 is 1.18 bits per heavy atom. The van der Waals surface area contributed by atoms with Crippen molar-refractivity contribution in [1.82, 2.24) is 4.98 Å². The van der Waals surface area contributed by atoms with E-state index in [-0.39, 0.29) is 11.0 Å². The molecule has 0 radical (unpaired) electrons. The van der Waals surface area contributed by atoms with Crippen LogP contribution in [0, 0.1) is 6.92 Å². The van der Waals surface area contributed by atoms with Gasteiger partial charge in [0.2, 0.25) is 5.89 Å². The summed E-state index contributed by atoms with van der Waals surface area (Å²) in [5.41, 5.74) is 8.40. The lowest BCUT2D eigenvalue weighted by Gasteiger charge is -2.35. The van der Waals surface area contributed by atoms with E-state index in [0.29, 0.717) is 5.89 Å². The van der Waals surface area contributed by atoms with Gasteiger partial charge in [-0.1, -0.05) is 12.1 Å². The molecule has 0 saturated heterocycles. The maximum atomic E-state index is 6.21. The Kier molecular flexibility index (Phi) is 2.54. The van der Waals surface area contributed by atoms with E-state index in [0.717, 1.165) is 16.7 Å². The number of para-hydroxylation sites is 1. The first kappa shape index (κ1) is 12.1. The molecule has 0 saturated carbocycles. The normalized spacial score (nSPS) is 13.3. The van der Waals surface area contributed by atoms with Crippen LogP contribution in [0.4, 0.5) is 0 Å². The van der Waals surface area contributed by atoms with E-state index >= 15 is 0 Å². The summed E-state index contributed by atoms with van der Waals surface area (Å²) in [5.74, 6) is 0.703. The van der Waals surface area contributed by atoms with Gasteiger partial charge in [-0.15, -0.1) is 0 Å². The van der Waals surface area contributed by atoms with Crippen LogP contribution in [0.1, 0.15) is 39.1 Å². The highest BCUT2D eigenvalue weighted by Gasteiger charge is 2.39. The van der Waals surface area contributed by atoms with Gasteiger partial charge in [0.15, 0.2) is 5.58 Å². The Hall–Kier alpha value is -1.35. The minimum atomic E-state index is -0.387. The fourth-order valence-corrected chi connectivity index (χ4v) is 1.63. The monoisotopic (exact) mass is 232 g/mol. The number of benzene rings is 1. The van der Waals surface area contributed by atoms with Gasteiger partial charge in [-0.3, -0.25) is 0 Å². The summed E-state index contributed by atoms with van der Waals surface area (Å²) in [6, 6.07) is 5.96. The Balaban J connectivity index is 2.62. The molecule has 0 spiro atoms. The third-order valence-electron chi connectivity index (χ3n) is 3.77. The van der Waals surface area contributed by atoms with Gasteiger partial charge in [0.1, 0.15) is 5.52 Å². The molecule has 3 nitrogen and oxygen atoms in total. The predicted molar refractivity (Wildman–Crippen MR) is 70.0 cm³/mol. The Bertz CT molecular complexity index is 547. The lowest BCUT2D eigenvalue weighted by Crippen LogP contribution is -2.50. The van der Waals surface area contributed by atoms with Crippen LogP contribution < -0.4 is 5.73 Å². The molecule has 3 heteroatoms. The average Bonchev–Trinajstić information content (AvgIpc) is 2.61. The second-order valence-electron chi connectivity index (χ2n) is 5.79. The maximum Gasteiger partial charge on any atom is 0.202 e. The topological polar surface area (TPSA) is 52.0 Å². The summed E-state index contributed by atoms with van der Waals surface area (Å²) in [5, 5.41) is 0. The Morgan fingerprint density at radius 3 is 2.35 bits per heavy atom. The second-order valence-corrected chi connectivity index (χ2v) is 5.79. The highest BCUT2D eigenvalue weighted by molar-refractivity contribution is 5.76. The molecular weight excluding hydrogens is 212 g/mol. The van der Waals surface area contributed by atoms with Gasteiger partial charge < -0.3 is 10.2 Å². The van der Waals surface area contributed by atoms with E-state index in [1.807, 2.05) is 39.0 Å². The highest BCUT2D eigenvalue weighted by atomic mass is 16.3. The van der Waals surface area contributed by atoms with Crippen molar-refractivity contribution >= 4 is 11.1 Å². The van der Waals surface area contributed by atoms with E-state index in [2.05, 4.69) is 18.8 Å². The van der Waals surface area contributed by atoms with E-state index in [4.69, 9.17) is 10.2 Å². The molecule has 1 aromatic heterocycles. The number of oxazole rings is 1. The third-order valence-corrected chi connectivity index (χ3v) is 3.77. The maximum absolute atomic E-state index is 6.21. The van der Waals surface area contributed by atoms with Crippen LogP contribution in [-0.4, -0.2) is 10.5 Å². The van der Waals surface area contributed by atoms with Crippen molar-refractivity contribution in [3.05, 3.63) is 29.7 Å². The predicted octanol–water partition coefficient (Wildman–Crippen LogP) is 3.15. The van der Waals surface area contributed by atoms with Gasteiger partial charge in [-0.05, 0) is 46.2 Å². The van der Waals surface area contributed by atoms with Gasteiger partial charge in [-0.2, -0.15) is 0 Å². The summed E-state index contributed by atoms with van der Waals surface area (Å²) in [6.07, 6.45) is 0. The van der Waals surface area contributed by atoms with Crippen LogP contribution in [0.25, 0.3) is 11.1 Å². The molecule has 0 fully saturated rings. The van der Waals surface area contributed by atoms with Crippen molar-refractivity contribution in [2.75, 3.05) is 0 Å². The van der Waals surface area contributed by atoms with Crippen molar-refractivity contribution < 1.29 is 4.42 Å². The summed E-state index contributed by atoms with van der Waals surface area (Å²) in [6.45, 7) is 10.2. The van der Waals surface area contributed by atoms with Crippen molar-refractivity contribution in [2.45, 2.75) is 45.6 Å². The summed E-state index contributed by atoms with van der Waals surface area (Å²) in [4.78, 5) is 4.60.